The monoisotopic (exact) mass is 277 g/mol. The number of hydrogen-bond acceptors (Lipinski definition) is 4. The van der Waals surface area contributed by atoms with Crippen molar-refractivity contribution in [1.82, 2.24) is 15.2 Å². The first kappa shape index (κ1) is 14.3. The number of rotatable bonds is 3. The third-order valence-electron chi connectivity index (χ3n) is 3.37. The van der Waals surface area contributed by atoms with Gasteiger partial charge >= 0.3 is 0 Å². The molecule has 1 atom stereocenters. The van der Waals surface area contributed by atoms with E-state index in [1.165, 1.54) is 18.5 Å². The van der Waals surface area contributed by atoms with Gasteiger partial charge in [-0.1, -0.05) is 0 Å². The maximum Gasteiger partial charge on any atom is 0.253 e. The molecule has 0 saturated carbocycles. The van der Waals surface area contributed by atoms with E-state index in [9.17, 15) is 14.7 Å². The summed E-state index contributed by atoms with van der Waals surface area (Å²) >= 11 is 0. The molecule has 2 rings (SSSR count). The van der Waals surface area contributed by atoms with Gasteiger partial charge in [0, 0.05) is 19.3 Å². The lowest BCUT2D eigenvalue weighted by atomic mass is 10.1. The molecule has 1 aliphatic rings. The van der Waals surface area contributed by atoms with Crippen molar-refractivity contribution in [2.75, 3.05) is 13.1 Å². The Morgan fingerprint density at radius 3 is 2.65 bits per heavy atom. The van der Waals surface area contributed by atoms with E-state index in [4.69, 9.17) is 0 Å². The van der Waals surface area contributed by atoms with Crippen LogP contribution in [0.25, 0.3) is 0 Å². The molecule has 2 amide bonds. The quantitative estimate of drug-likeness (QED) is 0.860. The molecule has 0 spiro atoms. The molecule has 1 unspecified atom stereocenters. The first-order chi connectivity index (χ1) is 9.58. The minimum absolute atomic E-state index is 0.0637. The topological polar surface area (TPSA) is 82.5 Å². The second-order valence-electron chi connectivity index (χ2n) is 5.01. The molecule has 0 aliphatic carbocycles. The number of nitrogens with one attached hydrogen (secondary N) is 1. The highest BCUT2D eigenvalue weighted by Gasteiger charge is 2.23. The van der Waals surface area contributed by atoms with E-state index in [1.807, 2.05) is 0 Å². The number of aromatic hydroxyl groups is 1. The van der Waals surface area contributed by atoms with Crippen LogP contribution in [-0.4, -0.2) is 45.9 Å². The highest BCUT2D eigenvalue weighted by atomic mass is 16.3. The number of carbonyl (C=O) groups is 2. The van der Waals surface area contributed by atoms with Crippen molar-refractivity contribution in [1.29, 1.82) is 0 Å². The number of nitrogens with zero attached hydrogens (tertiary/aromatic N) is 2. The van der Waals surface area contributed by atoms with Crippen molar-refractivity contribution in [3.63, 3.8) is 0 Å². The lowest BCUT2D eigenvalue weighted by Gasteiger charge is -2.29. The van der Waals surface area contributed by atoms with Gasteiger partial charge in [-0.15, -0.1) is 0 Å². The molecular formula is C14H19N3O3. The van der Waals surface area contributed by atoms with Gasteiger partial charge in [0.1, 0.15) is 11.8 Å². The SMILES string of the molecule is CC(NC(=O)c1cncc(O)c1)C(=O)N1CCCCC1. The standard InChI is InChI=1S/C14H19N3O3/c1-10(14(20)17-5-3-2-4-6-17)16-13(19)11-7-12(18)9-15-8-11/h7-10,18H,2-6H2,1H3,(H,16,19). The molecule has 1 fully saturated rings. The van der Waals surface area contributed by atoms with Gasteiger partial charge in [0.15, 0.2) is 0 Å². The Kier molecular flexibility index (Phi) is 4.55. The summed E-state index contributed by atoms with van der Waals surface area (Å²) in [6.07, 6.45) is 5.79. The zero-order valence-corrected chi connectivity index (χ0v) is 11.5. The highest BCUT2D eigenvalue weighted by Crippen LogP contribution is 2.11. The van der Waals surface area contributed by atoms with Crippen molar-refractivity contribution in [3.05, 3.63) is 24.0 Å². The summed E-state index contributed by atoms with van der Waals surface area (Å²) in [7, 11) is 0. The van der Waals surface area contributed by atoms with Gasteiger partial charge in [-0.2, -0.15) is 0 Å². The zero-order valence-electron chi connectivity index (χ0n) is 11.5. The van der Waals surface area contributed by atoms with Crippen molar-refractivity contribution >= 4 is 11.8 Å². The maximum atomic E-state index is 12.2. The molecule has 0 aromatic carbocycles. The van der Waals surface area contributed by atoms with Crippen LogP contribution >= 0.6 is 0 Å². The molecule has 6 heteroatoms. The molecule has 108 valence electrons. The van der Waals surface area contributed by atoms with Crippen LogP contribution in [0.3, 0.4) is 0 Å². The van der Waals surface area contributed by atoms with Crippen LogP contribution in [0.5, 0.6) is 5.75 Å². The number of piperidine rings is 1. The van der Waals surface area contributed by atoms with E-state index in [1.54, 1.807) is 11.8 Å². The second-order valence-corrected chi connectivity index (χ2v) is 5.01. The first-order valence-electron chi connectivity index (χ1n) is 6.81. The third-order valence-corrected chi connectivity index (χ3v) is 3.37. The number of carbonyl (C=O) groups excluding carboxylic acids is 2. The molecule has 0 radical (unpaired) electrons. The molecule has 1 aliphatic heterocycles. The highest BCUT2D eigenvalue weighted by molar-refractivity contribution is 5.97. The lowest BCUT2D eigenvalue weighted by molar-refractivity contribution is -0.133. The Bertz CT molecular complexity index is 498. The van der Waals surface area contributed by atoms with Gasteiger partial charge in [0.25, 0.3) is 5.91 Å². The average Bonchev–Trinajstić information content (AvgIpc) is 2.47. The van der Waals surface area contributed by atoms with Gasteiger partial charge < -0.3 is 15.3 Å². The van der Waals surface area contributed by atoms with Gasteiger partial charge in [-0.3, -0.25) is 14.6 Å². The Morgan fingerprint density at radius 2 is 2.00 bits per heavy atom. The fourth-order valence-electron chi connectivity index (χ4n) is 2.28. The minimum Gasteiger partial charge on any atom is -0.506 e. The van der Waals surface area contributed by atoms with Gasteiger partial charge in [0.2, 0.25) is 5.91 Å². The van der Waals surface area contributed by atoms with Crippen LogP contribution in [0.1, 0.15) is 36.5 Å². The average molecular weight is 277 g/mol. The van der Waals surface area contributed by atoms with Crippen molar-refractivity contribution < 1.29 is 14.7 Å². The molecule has 2 heterocycles. The summed E-state index contributed by atoms with van der Waals surface area (Å²) in [4.78, 5) is 29.7. The molecule has 1 aromatic rings. The van der Waals surface area contributed by atoms with E-state index in [2.05, 4.69) is 10.3 Å². The van der Waals surface area contributed by atoms with E-state index in [0.717, 1.165) is 32.4 Å². The summed E-state index contributed by atoms with van der Waals surface area (Å²) in [5.74, 6) is -0.551. The predicted octanol–water partition coefficient (Wildman–Crippen LogP) is 0.918. The summed E-state index contributed by atoms with van der Waals surface area (Å²) in [6, 6.07) is 0.739. The van der Waals surface area contributed by atoms with Crippen molar-refractivity contribution in [2.45, 2.75) is 32.2 Å². The smallest absolute Gasteiger partial charge is 0.253 e. The third kappa shape index (κ3) is 3.46. The van der Waals surface area contributed by atoms with Crippen LogP contribution in [-0.2, 0) is 4.79 Å². The number of hydrogen-bond donors (Lipinski definition) is 2. The predicted molar refractivity (Wildman–Crippen MR) is 73.3 cm³/mol. The summed E-state index contributed by atoms with van der Waals surface area (Å²) in [5, 5.41) is 11.9. The Hall–Kier alpha value is -2.11. The normalized spacial score (nSPS) is 16.6. The fourth-order valence-corrected chi connectivity index (χ4v) is 2.28. The van der Waals surface area contributed by atoms with E-state index in [-0.39, 0.29) is 17.2 Å². The van der Waals surface area contributed by atoms with Crippen LogP contribution < -0.4 is 5.32 Å². The number of amides is 2. The number of likely N-dealkylation sites (tertiary alicyclic amines) is 1. The van der Waals surface area contributed by atoms with Crippen LogP contribution in [0.2, 0.25) is 0 Å². The molecule has 6 nitrogen and oxygen atoms in total. The minimum atomic E-state index is -0.581. The molecule has 1 saturated heterocycles. The molecule has 0 bridgehead atoms. The number of pyridine rings is 1. The summed E-state index contributed by atoms with van der Waals surface area (Å²) in [6.45, 7) is 3.19. The van der Waals surface area contributed by atoms with Gasteiger partial charge in [-0.25, -0.2) is 0 Å². The molecule has 1 aromatic heterocycles. The largest absolute Gasteiger partial charge is 0.506 e. The summed E-state index contributed by atoms with van der Waals surface area (Å²) < 4.78 is 0. The van der Waals surface area contributed by atoms with Crippen LogP contribution in [0, 0.1) is 0 Å². The Morgan fingerprint density at radius 1 is 1.30 bits per heavy atom. The van der Waals surface area contributed by atoms with E-state index in [0.29, 0.717) is 0 Å². The Balaban J connectivity index is 1.94. The van der Waals surface area contributed by atoms with Gasteiger partial charge in [0.05, 0.1) is 11.8 Å². The van der Waals surface area contributed by atoms with Crippen LogP contribution in [0.15, 0.2) is 18.5 Å². The lowest BCUT2D eigenvalue weighted by Crippen LogP contribution is -2.48. The summed E-state index contributed by atoms with van der Waals surface area (Å²) in [5.41, 5.74) is 0.239. The fraction of sp³-hybridized carbons (Fsp3) is 0.500. The zero-order chi connectivity index (χ0) is 14.5. The maximum absolute atomic E-state index is 12.2. The molecule has 2 N–H and O–H groups in total. The van der Waals surface area contributed by atoms with E-state index >= 15 is 0 Å². The van der Waals surface area contributed by atoms with E-state index < -0.39 is 11.9 Å². The van der Waals surface area contributed by atoms with Crippen molar-refractivity contribution in [2.24, 2.45) is 0 Å². The van der Waals surface area contributed by atoms with Gasteiger partial charge in [-0.05, 0) is 32.3 Å². The first-order valence-corrected chi connectivity index (χ1v) is 6.81. The molecule has 20 heavy (non-hydrogen) atoms. The van der Waals surface area contributed by atoms with Crippen LogP contribution in [0.4, 0.5) is 0 Å². The Labute approximate surface area is 117 Å². The molecular weight excluding hydrogens is 258 g/mol. The number of aromatic nitrogens is 1. The van der Waals surface area contributed by atoms with Crippen molar-refractivity contribution in [3.8, 4) is 5.75 Å². The second kappa shape index (κ2) is 6.36.